The third kappa shape index (κ3) is 1.98. The van der Waals surface area contributed by atoms with E-state index in [1.807, 2.05) is 0 Å². The first kappa shape index (κ1) is 13.9. The van der Waals surface area contributed by atoms with Crippen LogP contribution in [0.2, 0.25) is 0 Å². The van der Waals surface area contributed by atoms with Crippen LogP contribution in [-0.4, -0.2) is 29.1 Å². The van der Waals surface area contributed by atoms with Crippen LogP contribution in [0.4, 0.5) is 10.1 Å². The van der Waals surface area contributed by atoms with Gasteiger partial charge in [0.1, 0.15) is 5.82 Å². The first-order chi connectivity index (χ1) is 9.38. The lowest BCUT2D eigenvalue weighted by molar-refractivity contribution is -0.385. The van der Waals surface area contributed by atoms with E-state index in [-0.39, 0.29) is 17.5 Å². The molecule has 0 saturated carbocycles. The number of esters is 1. The van der Waals surface area contributed by atoms with Gasteiger partial charge in [0, 0.05) is 11.6 Å². The quantitative estimate of drug-likeness (QED) is 0.512. The van der Waals surface area contributed by atoms with Crippen molar-refractivity contribution in [3.05, 3.63) is 39.2 Å². The maximum absolute atomic E-state index is 13.8. The number of ether oxygens (including phenoxy) is 1. The number of nitro benzene ring substituents is 1. The van der Waals surface area contributed by atoms with Crippen molar-refractivity contribution in [2.24, 2.45) is 0 Å². The van der Waals surface area contributed by atoms with Crippen LogP contribution < -0.4 is 0 Å². The highest BCUT2D eigenvalue weighted by atomic mass is 19.1. The van der Waals surface area contributed by atoms with E-state index in [1.54, 1.807) is 0 Å². The van der Waals surface area contributed by atoms with Crippen molar-refractivity contribution in [1.82, 2.24) is 0 Å². The van der Waals surface area contributed by atoms with E-state index in [0.29, 0.717) is 0 Å². The number of halogens is 1. The highest BCUT2D eigenvalue weighted by molar-refractivity contribution is 5.87. The lowest BCUT2D eigenvalue weighted by Crippen LogP contribution is -2.14. The summed E-state index contributed by atoms with van der Waals surface area (Å²) in [4.78, 5) is 33.1. The zero-order chi connectivity index (χ0) is 15.0. The second-order valence-electron chi connectivity index (χ2n) is 4.35. The summed E-state index contributed by atoms with van der Waals surface area (Å²) in [5.74, 6) is -5.47. The average Bonchev–Trinajstić information content (AvgIpc) is 2.79. The monoisotopic (exact) mass is 283 g/mol. The van der Waals surface area contributed by atoms with E-state index in [4.69, 9.17) is 5.11 Å². The number of hydrogen-bond acceptors (Lipinski definition) is 5. The third-order valence-electron chi connectivity index (χ3n) is 3.36. The second kappa shape index (κ2) is 4.87. The summed E-state index contributed by atoms with van der Waals surface area (Å²) in [6.45, 7) is 0. The zero-order valence-electron chi connectivity index (χ0n) is 10.3. The number of hydrogen-bond donors (Lipinski definition) is 1. The second-order valence-corrected chi connectivity index (χ2v) is 4.35. The van der Waals surface area contributed by atoms with Gasteiger partial charge in [0.15, 0.2) is 0 Å². The first-order valence-corrected chi connectivity index (χ1v) is 5.65. The minimum Gasteiger partial charge on any atom is -0.481 e. The molecule has 2 rings (SSSR count). The topological polar surface area (TPSA) is 107 Å². The summed E-state index contributed by atoms with van der Waals surface area (Å²) in [6, 6.07) is 1.76. The summed E-state index contributed by atoms with van der Waals surface area (Å²) in [5.41, 5.74) is -0.975. The van der Waals surface area contributed by atoms with Crippen LogP contribution in [0.15, 0.2) is 12.1 Å². The lowest BCUT2D eigenvalue weighted by atomic mass is 9.99. The van der Waals surface area contributed by atoms with E-state index in [9.17, 15) is 24.1 Å². The molecule has 0 bridgehead atoms. The number of fused-ring (bicyclic) bond motifs is 1. The Labute approximate surface area is 112 Å². The smallest absolute Gasteiger partial charge is 0.313 e. The molecular weight excluding hydrogens is 273 g/mol. The van der Waals surface area contributed by atoms with Gasteiger partial charge in [0.25, 0.3) is 5.69 Å². The van der Waals surface area contributed by atoms with E-state index in [0.717, 1.165) is 19.2 Å². The number of nitrogens with zero attached hydrogens (tertiary/aromatic N) is 1. The Morgan fingerprint density at radius 3 is 2.55 bits per heavy atom. The molecule has 0 aliphatic heterocycles. The molecule has 0 heterocycles. The van der Waals surface area contributed by atoms with Crippen molar-refractivity contribution in [2.75, 3.05) is 7.11 Å². The number of nitro groups is 1. The van der Waals surface area contributed by atoms with Crippen molar-refractivity contribution in [3.8, 4) is 0 Å². The van der Waals surface area contributed by atoms with Gasteiger partial charge in [0.05, 0.1) is 29.4 Å². The number of rotatable bonds is 3. The fourth-order valence-electron chi connectivity index (χ4n) is 2.53. The number of aliphatic carboxylic acids is 1. The van der Waals surface area contributed by atoms with Gasteiger partial charge in [-0.25, -0.2) is 4.39 Å². The summed E-state index contributed by atoms with van der Waals surface area (Å²) in [5, 5.41) is 20.1. The SMILES string of the molecule is COC(=O)C1CC(C(=O)O)c2c(F)ccc([N+](=O)[O-])c21. The Morgan fingerprint density at radius 2 is 2.05 bits per heavy atom. The number of carbonyl (C=O) groups excluding carboxylic acids is 1. The van der Waals surface area contributed by atoms with Gasteiger partial charge < -0.3 is 9.84 Å². The predicted molar refractivity (Wildman–Crippen MR) is 62.8 cm³/mol. The average molecular weight is 283 g/mol. The highest BCUT2D eigenvalue weighted by Gasteiger charge is 2.45. The maximum atomic E-state index is 13.8. The zero-order valence-corrected chi connectivity index (χ0v) is 10.3. The molecule has 0 radical (unpaired) electrons. The van der Waals surface area contributed by atoms with Crippen molar-refractivity contribution in [2.45, 2.75) is 18.3 Å². The van der Waals surface area contributed by atoms with Crippen LogP contribution in [0.3, 0.4) is 0 Å². The lowest BCUT2D eigenvalue weighted by Gasteiger charge is -2.09. The molecule has 2 atom stereocenters. The molecule has 1 N–H and O–H groups in total. The van der Waals surface area contributed by atoms with Crippen LogP contribution in [0.1, 0.15) is 29.4 Å². The Bertz CT molecular complexity index is 614. The van der Waals surface area contributed by atoms with Gasteiger partial charge in [0.2, 0.25) is 0 Å². The Balaban J connectivity index is 2.71. The van der Waals surface area contributed by atoms with Gasteiger partial charge in [-0.1, -0.05) is 0 Å². The molecule has 0 saturated heterocycles. The third-order valence-corrected chi connectivity index (χ3v) is 3.36. The van der Waals surface area contributed by atoms with Crippen LogP contribution in [0.5, 0.6) is 0 Å². The number of carboxylic acid groups (broad SMARTS) is 1. The largest absolute Gasteiger partial charge is 0.481 e. The molecule has 0 aromatic heterocycles. The van der Waals surface area contributed by atoms with Crippen LogP contribution in [0.25, 0.3) is 0 Å². The predicted octanol–water partition coefficient (Wildman–Crippen LogP) is 1.56. The molecule has 7 nitrogen and oxygen atoms in total. The normalized spacial score (nSPS) is 20.3. The van der Waals surface area contributed by atoms with Gasteiger partial charge >= 0.3 is 11.9 Å². The molecule has 0 spiro atoms. The Hall–Kier alpha value is -2.51. The van der Waals surface area contributed by atoms with E-state index >= 15 is 0 Å². The van der Waals surface area contributed by atoms with Crippen LogP contribution >= 0.6 is 0 Å². The van der Waals surface area contributed by atoms with Crippen LogP contribution in [0, 0.1) is 15.9 Å². The molecule has 1 aromatic carbocycles. The van der Waals surface area contributed by atoms with Gasteiger partial charge in [-0.05, 0) is 12.5 Å². The molecule has 106 valence electrons. The molecule has 2 unspecified atom stereocenters. The molecule has 1 aliphatic carbocycles. The van der Waals surface area contributed by atoms with Crippen LogP contribution in [-0.2, 0) is 14.3 Å². The maximum Gasteiger partial charge on any atom is 0.313 e. The minimum absolute atomic E-state index is 0.200. The van der Waals surface area contributed by atoms with Crippen molar-refractivity contribution >= 4 is 17.6 Å². The fourth-order valence-corrected chi connectivity index (χ4v) is 2.53. The molecule has 0 fully saturated rings. The standard InChI is InChI=1S/C12H10FNO6/c1-20-12(17)6-4-5(11(15)16)9-7(13)2-3-8(10(6)9)14(18)19/h2-3,5-6H,4H2,1H3,(H,15,16). The number of methoxy groups -OCH3 is 1. The van der Waals surface area contributed by atoms with Crippen molar-refractivity contribution < 1.29 is 28.7 Å². The van der Waals surface area contributed by atoms with E-state index < -0.39 is 40.2 Å². The molecular formula is C12H10FNO6. The molecule has 0 amide bonds. The highest BCUT2D eigenvalue weighted by Crippen LogP contribution is 2.47. The van der Waals surface area contributed by atoms with Crippen molar-refractivity contribution in [3.63, 3.8) is 0 Å². The summed E-state index contributed by atoms with van der Waals surface area (Å²) in [7, 11) is 1.08. The minimum atomic E-state index is -1.34. The van der Waals surface area contributed by atoms with Gasteiger partial charge in [-0.2, -0.15) is 0 Å². The molecule has 8 heteroatoms. The Morgan fingerprint density at radius 1 is 1.40 bits per heavy atom. The number of benzene rings is 1. The summed E-state index contributed by atoms with van der Waals surface area (Å²) >= 11 is 0. The van der Waals surface area contributed by atoms with Gasteiger partial charge in [-0.3, -0.25) is 19.7 Å². The van der Waals surface area contributed by atoms with E-state index in [1.165, 1.54) is 0 Å². The molecule has 20 heavy (non-hydrogen) atoms. The number of carboxylic acids is 1. The number of carbonyl (C=O) groups is 2. The molecule has 1 aromatic rings. The fraction of sp³-hybridized carbons (Fsp3) is 0.333. The van der Waals surface area contributed by atoms with Crippen molar-refractivity contribution in [1.29, 1.82) is 0 Å². The molecule has 1 aliphatic rings. The van der Waals surface area contributed by atoms with Gasteiger partial charge in [-0.15, -0.1) is 0 Å². The Kier molecular flexibility index (Phi) is 3.39. The van der Waals surface area contributed by atoms with E-state index in [2.05, 4.69) is 4.74 Å². The summed E-state index contributed by atoms with van der Waals surface area (Å²) < 4.78 is 18.4. The first-order valence-electron chi connectivity index (χ1n) is 5.65. The summed E-state index contributed by atoms with van der Waals surface area (Å²) in [6.07, 6.45) is -0.251.